The molecule has 1 N–H and O–H groups in total. The van der Waals surface area contributed by atoms with Gasteiger partial charge in [-0.3, -0.25) is 4.79 Å². The molecule has 0 unspecified atom stereocenters. The monoisotopic (exact) mass is 290 g/mol. The van der Waals surface area contributed by atoms with Crippen LogP contribution in [0.1, 0.15) is 12.8 Å². The zero-order valence-corrected chi connectivity index (χ0v) is 12.1. The van der Waals surface area contributed by atoms with Gasteiger partial charge in [0.15, 0.2) is 5.16 Å². The molecule has 3 saturated heterocycles. The quantitative estimate of drug-likeness (QED) is 0.514. The van der Waals surface area contributed by atoms with Gasteiger partial charge in [0, 0.05) is 31.1 Å². The molecule has 0 saturated carbocycles. The van der Waals surface area contributed by atoms with Crippen LogP contribution in [0.3, 0.4) is 0 Å². The van der Waals surface area contributed by atoms with E-state index in [-0.39, 0.29) is 5.91 Å². The minimum absolute atomic E-state index is 0.0211. The Balaban J connectivity index is 1.47. The Bertz CT molecular complexity index is 485. The zero-order valence-electron chi connectivity index (χ0n) is 11.2. The van der Waals surface area contributed by atoms with Crippen LogP contribution in [0.25, 0.3) is 0 Å². The van der Waals surface area contributed by atoms with Crippen molar-refractivity contribution in [3.8, 4) is 0 Å². The highest BCUT2D eigenvalue weighted by molar-refractivity contribution is 8.02. The summed E-state index contributed by atoms with van der Waals surface area (Å²) in [6, 6.07) is 2.08. The lowest BCUT2D eigenvalue weighted by atomic mass is 9.84. The third-order valence-electron chi connectivity index (χ3n) is 3.92. The van der Waals surface area contributed by atoms with Crippen molar-refractivity contribution in [3.63, 3.8) is 0 Å². The molecule has 1 amide bonds. The number of carbonyl (C=O) groups excluding carboxylic acids is 1. The van der Waals surface area contributed by atoms with Crippen molar-refractivity contribution in [1.29, 1.82) is 0 Å². The average Bonchev–Trinajstić information content (AvgIpc) is 2.49. The predicted molar refractivity (Wildman–Crippen MR) is 78.1 cm³/mol. The first-order chi connectivity index (χ1) is 9.81. The summed E-state index contributed by atoms with van der Waals surface area (Å²) >= 11 is 1.35. The van der Waals surface area contributed by atoms with Crippen LogP contribution in [0, 0.1) is 5.92 Å². The molecular weight excluding hydrogens is 272 g/mol. The number of rotatable bonds is 4. The van der Waals surface area contributed by atoms with Crippen molar-refractivity contribution in [2.24, 2.45) is 5.92 Å². The normalized spacial score (nSPS) is 28.7. The summed E-state index contributed by atoms with van der Waals surface area (Å²) in [6.07, 6.45) is 7.37. The van der Waals surface area contributed by atoms with Crippen LogP contribution in [0.2, 0.25) is 0 Å². The Morgan fingerprint density at radius 2 is 2.10 bits per heavy atom. The smallest absolute Gasteiger partial charge is 0.244 e. The van der Waals surface area contributed by atoms with E-state index >= 15 is 0 Å². The van der Waals surface area contributed by atoms with Gasteiger partial charge in [0.25, 0.3) is 0 Å². The fraction of sp³-hybridized carbons (Fsp3) is 0.500. The SMILES string of the molecule is O=C(C=CSc1ncccn1)N[C@H]1CN2CCC1CC2. The third kappa shape index (κ3) is 3.37. The lowest BCUT2D eigenvalue weighted by Crippen LogP contribution is -2.57. The van der Waals surface area contributed by atoms with Gasteiger partial charge in [-0.15, -0.1) is 0 Å². The summed E-state index contributed by atoms with van der Waals surface area (Å²) in [6.45, 7) is 3.38. The van der Waals surface area contributed by atoms with Crippen molar-refractivity contribution in [1.82, 2.24) is 20.2 Å². The van der Waals surface area contributed by atoms with E-state index in [1.54, 1.807) is 29.9 Å². The standard InChI is InChI=1S/C14H18N4OS/c19-13(4-9-20-14-15-5-1-6-16-14)17-12-10-18-7-2-11(12)3-8-18/h1,4-6,9,11-12H,2-3,7-8,10H2,(H,17,19)/t12-/m0/s1. The van der Waals surface area contributed by atoms with E-state index in [2.05, 4.69) is 20.2 Å². The van der Waals surface area contributed by atoms with Gasteiger partial charge in [-0.2, -0.15) is 0 Å². The van der Waals surface area contributed by atoms with Gasteiger partial charge >= 0.3 is 0 Å². The van der Waals surface area contributed by atoms with E-state index in [9.17, 15) is 4.79 Å². The van der Waals surface area contributed by atoms with Gasteiger partial charge in [-0.05, 0) is 43.3 Å². The van der Waals surface area contributed by atoms with E-state index < -0.39 is 0 Å². The van der Waals surface area contributed by atoms with E-state index in [1.165, 1.54) is 37.7 Å². The maximum atomic E-state index is 11.9. The van der Waals surface area contributed by atoms with Gasteiger partial charge in [-0.25, -0.2) is 9.97 Å². The molecule has 2 bridgehead atoms. The molecule has 0 spiro atoms. The number of carbonyl (C=O) groups is 1. The van der Waals surface area contributed by atoms with E-state index in [4.69, 9.17) is 0 Å². The van der Waals surface area contributed by atoms with Crippen LogP contribution < -0.4 is 5.32 Å². The molecule has 3 aliphatic heterocycles. The first-order valence-corrected chi connectivity index (χ1v) is 7.82. The molecule has 1 atom stereocenters. The number of hydrogen-bond acceptors (Lipinski definition) is 5. The van der Waals surface area contributed by atoms with Crippen LogP contribution >= 0.6 is 11.8 Å². The van der Waals surface area contributed by atoms with Crippen molar-refractivity contribution < 1.29 is 4.79 Å². The van der Waals surface area contributed by atoms with E-state index in [0.29, 0.717) is 17.1 Å². The van der Waals surface area contributed by atoms with Gasteiger partial charge in [-0.1, -0.05) is 11.8 Å². The van der Waals surface area contributed by atoms with Crippen molar-refractivity contribution in [3.05, 3.63) is 29.9 Å². The zero-order chi connectivity index (χ0) is 13.8. The number of thioether (sulfide) groups is 1. The van der Waals surface area contributed by atoms with Gasteiger partial charge in [0.2, 0.25) is 5.91 Å². The predicted octanol–water partition coefficient (Wildman–Crippen LogP) is 1.29. The summed E-state index contributed by atoms with van der Waals surface area (Å²) in [5.41, 5.74) is 0. The molecule has 20 heavy (non-hydrogen) atoms. The Hall–Kier alpha value is -1.40. The second kappa shape index (κ2) is 6.37. The Kier molecular flexibility index (Phi) is 4.32. The van der Waals surface area contributed by atoms with Crippen LogP contribution in [-0.4, -0.2) is 46.5 Å². The maximum absolute atomic E-state index is 11.9. The molecule has 0 aromatic carbocycles. The average molecular weight is 290 g/mol. The van der Waals surface area contributed by atoms with E-state index in [1.807, 2.05) is 0 Å². The first-order valence-electron chi connectivity index (χ1n) is 6.94. The van der Waals surface area contributed by atoms with Gasteiger partial charge in [0.1, 0.15) is 0 Å². The van der Waals surface area contributed by atoms with Crippen LogP contribution in [-0.2, 0) is 4.79 Å². The fourth-order valence-corrected chi connectivity index (χ4v) is 3.42. The largest absolute Gasteiger partial charge is 0.348 e. The second-order valence-electron chi connectivity index (χ2n) is 5.21. The molecule has 5 nitrogen and oxygen atoms in total. The molecular formula is C14H18N4OS. The highest BCUT2D eigenvalue weighted by Crippen LogP contribution is 2.27. The van der Waals surface area contributed by atoms with E-state index in [0.717, 1.165) is 6.54 Å². The number of hydrogen-bond donors (Lipinski definition) is 1. The Labute approximate surface area is 122 Å². The molecule has 0 radical (unpaired) electrons. The van der Waals surface area contributed by atoms with Gasteiger partial charge in [0.05, 0.1) is 0 Å². The lowest BCUT2D eigenvalue weighted by Gasteiger charge is -2.44. The molecule has 4 heterocycles. The topological polar surface area (TPSA) is 58.1 Å². The minimum Gasteiger partial charge on any atom is -0.348 e. The van der Waals surface area contributed by atoms with Gasteiger partial charge < -0.3 is 10.2 Å². The summed E-state index contributed by atoms with van der Waals surface area (Å²) in [5, 5.41) is 5.51. The highest BCUT2D eigenvalue weighted by Gasteiger charge is 2.34. The molecule has 1 aromatic rings. The molecule has 1 aromatic heterocycles. The molecule has 106 valence electrons. The molecule has 0 aliphatic carbocycles. The lowest BCUT2D eigenvalue weighted by molar-refractivity contribution is -0.118. The molecule has 3 aliphatic rings. The fourth-order valence-electron chi connectivity index (χ4n) is 2.86. The maximum Gasteiger partial charge on any atom is 0.244 e. The summed E-state index contributed by atoms with van der Waals surface area (Å²) in [7, 11) is 0. The van der Waals surface area contributed by atoms with Crippen molar-refractivity contribution in [2.75, 3.05) is 19.6 Å². The van der Waals surface area contributed by atoms with Crippen LogP contribution in [0.4, 0.5) is 0 Å². The van der Waals surface area contributed by atoms with Crippen LogP contribution in [0.15, 0.2) is 35.1 Å². The second-order valence-corrected chi connectivity index (χ2v) is 6.08. The number of aromatic nitrogens is 2. The number of amides is 1. The summed E-state index contributed by atoms with van der Waals surface area (Å²) in [4.78, 5) is 22.5. The Morgan fingerprint density at radius 3 is 2.75 bits per heavy atom. The molecule has 6 heteroatoms. The van der Waals surface area contributed by atoms with Crippen molar-refractivity contribution in [2.45, 2.75) is 24.0 Å². The Morgan fingerprint density at radius 1 is 1.35 bits per heavy atom. The molecule has 4 rings (SSSR count). The number of fused-ring (bicyclic) bond motifs is 3. The number of nitrogens with one attached hydrogen (secondary N) is 1. The number of nitrogens with zero attached hydrogens (tertiary/aromatic N) is 3. The minimum atomic E-state index is -0.0211. The number of piperidine rings is 3. The van der Waals surface area contributed by atoms with Crippen molar-refractivity contribution >= 4 is 17.7 Å². The molecule has 3 fully saturated rings. The summed E-state index contributed by atoms with van der Waals surface area (Å²) < 4.78 is 0. The third-order valence-corrected chi connectivity index (χ3v) is 4.61. The summed E-state index contributed by atoms with van der Waals surface area (Å²) in [5.74, 6) is 0.634. The highest BCUT2D eigenvalue weighted by atomic mass is 32.2. The first kappa shape index (κ1) is 13.6. The van der Waals surface area contributed by atoms with Crippen LogP contribution in [0.5, 0.6) is 0 Å².